The number of nitrogens with zero attached hydrogens (tertiary/aromatic N) is 1. The molecule has 19 heavy (non-hydrogen) atoms. The number of carbonyl (C=O) groups is 1. The van der Waals surface area contributed by atoms with Crippen LogP contribution in [-0.4, -0.2) is 30.4 Å². The van der Waals surface area contributed by atoms with Crippen molar-refractivity contribution in [1.29, 1.82) is 0 Å². The summed E-state index contributed by atoms with van der Waals surface area (Å²) in [4.78, 5) is 14.5. The van der Waals surface area contributed by atoms with Gasteiger partial charge in [0.15, 0.2) is 0 Å². The SMILES string of the molecule is CNC1C(=O)N(C(C)c2ccccc2)CC1C(C)C. The van der Waals surface area contributed by atoms with Crippen LogP contribution in [0.2, 0.25) is 0 Å². The van der Waals surface area contributed by atoms with Gasteiger partial charge in [-0.05, 0) is 25.5 Å². The topological polar surface area (TPSA) is 32.3 Å². The van der Waals surface area contributed by atoms with E-state index < -0.39 is 0 Å². The van der Waals surface area contributed by atoms with Gasteiger partial charge in [0.2, 0.25) is 5.91 Å². The van der Waals surface area contributed by atoms with E-state index in [-0.39, 0.29) is 18.0 Å². The molecule has 1 amide bonds. The van der Waals surface area contributed by atoms with Crippen molar-refractivity contribution in [3.63, 3.8) is 0 Å². The van der Waals surface area contributed by atoms with Gasteiger partial charge in [0, 0.05) is 12.5 Å². The maximum atomic E-state index is 12.5. The van der Waals surface area contributed by atoms with Crippen molar-refractivity contribution in [2.24, 2.45) is 11.8 Å². The zero-order valence-corrected chi connectivity index (χ0v) is 12.3. The molecule has 0 saturated carbocycles. The first-order valence-corrected chi connectivity index (χ1v) is 7.09. The van der Waals surface area contributed by atoms with Crippen LogP contribution in [0.5, 0.6) is 0 Å². The van der Waals surface area contributed by atoms with Crippen molar-refractivity contribution >= 4 is 5.91 Å². The smallest absolute Gasteiger partial charge is 0.240 e. The van der Waals surface area contributed by atoms with Gasteiger partial charge < -0.3 is 10.2 Å². The first kappa shape index (κ1) is 14.1. The Balaban J connectivity index is 2.20. The van der Waals surface area contributed by atoms with Crippen molar-refractivity contribution in [1.82, 2.24) is 10.2 Å². The molecule has 3 unspecified atom stereocenters. The first-order valence-electron chi connectivity index (χ1n) is 7.09. The standard InChI is InChI=1S/C16H24N2O/c1-11(2)14-10-18(16(19)15(14)17-4)12(3)13-8-6-5-7-9-13/h5-9,11-12,14-15,17H,10H2,1-4H3. The maximum absolute atomic E-state index is 12.5. The highest BCUT2D eigenvalue weighted by Gasteiger charge is 2.42. The van der Waals surface area contributed by atoms with Crippen molar-refractivity contribution in [2.45, 2.75) is 32.9 Å². The van der Waals surface area contributed by atoms with E-state index >= 15 is 0 Å². The molecule has 1 N–H and O–H groups in total. The second-order valence-corrected chi connectivity index (χ2v) is 5.75. The summed E-state index contributed by atoms with van der Waals surface area (Å²) in [7, 11) is 1.88. The van der Waals surface area contributed by atoms with E-state index in [4.69, 9.17) is 0 Å². The van der Waals surface area contributed by atoms with Crippen LogP contribution in [0.1, 0.15) is 32.4 Å². The number of hydrogen-bond donors (Lipinski definition) is 1. The van der Waals surface area contributed by atoms with E-state index in [1.165, 1.54) is 5.56 Å². The minimum atomic E-state index is -0.0360. The number of likely N-dealkylation sites (N-methyl/N-ethyl adjacent to an activating group) is 1. The fourth-order valence-electron chi connectivity index (χ4n) is 2.98. The van der Waals surface area contributed by atoms with Crippen molar-refractivity contribution in [3.8, 4) is 0 Å². The molecule has 1 heterocycles. The number of hydrogen-bond acceptors (Lipinski definition) is 2. The molecule has 0 radical (unpaired) electrons. The molecule has 1 aromatic rings. The van der Waals surface area contributed by atoms with E-state index in [1.54, 1.807) is 0 Å². The molecule has 0 spiro atoms. The fourth-order valence-corrected chi connectivity index (χ4v) is 2.98. The molecule has 1 fully saturated rings. The van der Waals surface area contributed by atoms with Crippen molar-refractivity contribution < 1.29 is 4.79 Å². The summed E-state index contributed by atoms with van der Waals surface area (Å²) >= 11 is 0. The van der Waals surface area contributed by atoms with Crippen LogP contribution in [0.25, 0.3) is 0 Å². The summed E-state index contributed by atoms with van der Waals surface area (Å²) in [5, 5.41) is 3.19. The van der Waals surface area contributed by atoms with E-state index in [0.717, 1.165) is 6.54 Å². The predicted molar refractivity (Wildman–Crippen MR) is 77.7 cm³/mol. The third-order valence-corrected chi connectivity index (χ3v) is 4.30. The first-order chi connectivity index (χ1) is 9.06. The Bertz CT molecular complexity index is 430. The number of rotatable bonds is 4. The molecule has 0 aliphatic carbocycles. The fraction of sp³-hybridized carbons (Fsp3) is 0.562. The summed E-state index contributed by atoms with van der Waals surface area (Å²) < 4.78 is 0. The van der Waals surface area contributed by atoms with Gasteiger partial charge in [0.05, 0.1) is 12.1 Å². The number of likely N-dealkylation sites (tertiary alicyclic amines) is 1. The Morgan fingerprint density at radius 3 is 2.32 bits per heavy atom. The number of benzene rings is 1. The van der Waals surface area contributed by atoms with Crippen LogP contribution >= 0.6 is 0 Å². The van der Waals surface area contributed by atoms with Crippen LogP contribution < -0.4 is 5.32 Å². The summed E-state index contributed by atoms with van der Waals surface area (Å²) in [6, 6.07) is 10.4. The Kier molecular flexibility index (Phi) is 4.25. The third-order valence-electron chi connectivity index (χ3n) is 4.30. The molecule has 104 valence electrons. The molecular formula is C16H24N2O. The van der Waals surface area contributed by atoms with Gasteiger partial charge in [0.25, 0.3) is 0 Å². The highest BCUT2D eigenvalue weighted by molar-refractivity contribution is 5.85. The maximum Gasteiger partial charge on any atom is 0.240 e. The van der Waals surface area contributed by atoms with E-state index in [2.05, 4.69) is 38.2 Å². The molecular weight excluding hydrogens is 236 g/mol. The Morgan fingerprint density at radius 1 is 1.21 bits per heavy atom. The lowest BCUT2D eigenvalue weighted by atomic mass is 9.91. The average molecular weight is 260 g/mol. The second-order valence-electron chi connectivity index (χ2n) is 5.75. The monoisotopic (exact) mass is 260 g/mol. The Labute approximate surface area is 116 Å². The van der Waals surface area contributed by atoms with Crippen molar-refractivity contribution in [3.05, 3.63) is 35.9 Å². The van der Waals surface area contributed by atoms with Gasteiger partial charge in [-0.25, -0.2) is 0 Å². The normalized spacial score (nSPS) is 25.1. The van der Waals surface area contributed by atoms with Crippen molar-refractivity contribution in [2.75, 3.05) is 13.6 Å². The quantitative estimate of drug-likeness (QED) is 0.902. The van der Waals surface area contributed by atoms with Gasteiger partial charge >= 0.3 is 0 Å². The second kappa shape index (κ2) is 5.74. The number of carbonyl (C=O) groups excluding carboxylic acids is 1. The van der Waals surface area contributed by atoms with Crippen LogP contribution in [0.3, 0.4) is 0 Å². The van der Waals surface area contributed by atoms with Gasteiger partial charge in [-0.2, -0.15) is 0 Å². The minimum Gasteiger partial charge on any atom is -0.334 e. The highest BCUT2D eigenvalue weighted by Crippen LogP contribution is 2.31. The molecule has 1 saturated heterocycles. The Hall–Kier alpha value is -1.35. The molecule has 3 heteroatoms. The van der Waals surface area contributed by atoms with Crippen LogP contribution in [-0.2, 0) is 4.79 Å². The highest BCUT2D eigenvalue weighted by atomic mass is 16.2. The molecule has 3 nitrogen and oxygen atoms in total. The van der Waals surface area contributed by atoms with E-state index in [0.29, 0.717) is 11.8 Å². The summed E-state index contributed by atoms with van der Waals surface area (Å²) in [6.45, 7) is 7.35. The number of amides is 1. The molecule has 0 aromatic heterocycles. The summed E-state index contributed by atoms with van der Waals surface area (Å²) in [5.41, 5.74) is 1.20. The lowest BCUT2D eigenvalue weighted by Gasteiger charge is -2.25. The van der Waals surface area contributed by atoms with E-state index in [1.807, 2.05) is 30.1 Å². The van der Waals surface area contributed by atoms with Crippen LogP contribution in [0, 0.1) is 11.8 Å². The predicted octanol–water partition coefficient (Wildman–Crippen LogP) is 2.45. The number of nitrogens with one attached hydrogen (secondary N) is 1. The van der Waals surface area contributed by atoms with Gasteiger partial charge in [-0.3, -0.25) is 4.79 Å². The van der Waals surface area contributed by atoms with Crippen LogP contribution in [0.4, 0.5) is 0 Å². The van der Waals surface area contributed by atoms with Gasteiger partial charge in [-0.1, -0.05) is 44.2 Å². The van der Waals surface area contributed by atoms with Gasteiger partial charge in [-0.15, -0.1) is 0 Å². The van der Waals surface area contributed by atoms with Gasteiger partial charge in [0.1, 0.15) is 0 Å². The van der Waals surface area contributed by atoms with E-state index in [9.17, 15) is 4.79 Å². The molecule has 3 atom stereocenters. The molecule has 1 aliphatic heterocycles. The minimum absolute atomic E-state index is 0.0360. The molecule has 1 aromatic carbocycles. The molecule has 0 bridgehead atoms. The lowest BCUT2D eigenvalue weighted by molar-refractivity contribution is -0.131. The molecule has 1 aliphatic rings. The summed E-state index contributed by atoms with van der Waals surface area (Å²) in [5.74, 6) is 1.13. The Morgan fingerprint density at radius 2 is 1.84 bits per heavy atom. The average Bonchev–Trinajstić information content (AvgIpc) is 2.76. The summed E-state index contributed by atoms with van der Waals surface area (Å²) in [6.07, 6.45) is 0. The van der Waals surface area contributed by atoms with Crippen LogP contribution in [0.15, 0.2) is 30.3 Å². The largest absolute Gasteiger partial charge is 0.334 e. The third kappa shape index (κ3) is 2.66. The zero-order valence-electron chi connectivity index (χ0n) is 12.3. The lowest BCUT2D eigenvalue weighted by Crippen LogP contribution is -2.40. The zero-order chi connectivity index (χ0) is 14.0. The molecule has 2 rings (SSSR count).